The van der Waals surface area contributed by atoms with Crippen LogP contribution in [0.4, 0.5) is 0 Å². The van der Waals surface area contributed by atoms with Gasteiger partial charge in [-0.1, -0.05) is 56.4 Å². The minimum atomic E-state index is -0.512. The maximum Gasteiger partial charge on any atom is 0.234 e. The minimum absolute atomic E-state index is 0.0200. The van der Waals surface area contributed by atoms with Gasteiger partial charge in [-0.15, -0.1) is 0 Å². The Bertz CT molecular complexity index is 731. The third kappa shape index (κ3) is 3.05. The Hall–Kier alpha value is -1.90. The zero-order valence-electron chi connectivity index (χ0n) is 14.7. The highest BCUT2D eigenvalue weighted by Crippen LogP contribution is 2.44. The van der Waals surface area contributed by atoms with Crippen molar-refractivity contribution in [3.8, 4) is 0 Å². The SMILES string of the molecule is O=C1C(=O)c2ccccc2C(O)=C1CCC1CCC2CCCCC2C1. The number of fused-ring (bicyclic) bond motifs is 2. The molecule has 0 bridgehead atoms. The van der Waals surface area contributed by atoms with Gasteiger partial charge in [-0.2, -0.15) is 0 Å². The molecule has 1 N–H and O–H groups in total. The molecule has 0 heterocycles. The smallest absolute Gasteiger partial charge is 0.234 e. The number of hydrogen-bond acceptors (Lipinski definition) is 3. The van der Waals surface area contributed by atoms with Crippen LogP contribution in [0.1, 0.15) is 73.7 Å². The number of carbonyl (C=O) groups excluding carboxylic acids is 2. The molecule has 25 heavy (non-hydrogen) atoms. The molecule has 0 radical (unpaired) electrons. The van der Waals surface area contributed by atoms with Crippen LogP contribution in [0, 0.1) is 17.8 Å². The molecule has 0 aliphatic heterocycles. The molecule has 3 nitrogen and oxygen atoms in total. The van der Waals surface area contributed by atoms with Crippen molar-refractivity contribution in [2.24, 2.45) is 17.8 Å². The van der Waals surface area contributed by atoms with Crippen LogP contribution in [-0.2, 0) is 4.79 Å². The fourth-order valence-corrected chi connectivity index (χ4v) is 5.23. The van der Waals surface area contributed by atoms with Crippen molar-refractivity contribution in [1.82, 2.24) is 0 Å². The van der Waals surface area contributed by atoms with E-state index in [0.717, 1.165) is 18.3 Å². The average molecular weight is 338 g/mol. The molecule has 4 rings (SSSR count). The van der Waals surface area contributed by atoms with Gasteiger partial charge in [0.2, 0.25) is 11.6 Å². The van der Waals surface area contributed by atoms with Gasteiger partial charge >= 0.3 is 0 Å². The Labute approximate surface area is 149 Å². The van der Waals surface area contributed by atoms with Crippen molar-refractivity contribution in [1.29, 1.82) is 0 Å². The largest absolute Gasteiger partial charge is 0.507 e. The molecule has 0 amide bonds. The van der Waals surface area contributed by atoms with E-state index in [1.165, 1.54) is 44.9 Å². The first-order valence-corrected chi connectivity index (χ1v) is 9.75. The normalized spacial score (nSPS) is 29.4. The lowest BCUT2D eigenvalue weighted by molar-refractivity contribution is -0.112. The van der Waals surface area contributed by atoms with Crippen molar-refractivity contribution in [2.75, 3.05) is 0 Å². The van der Waals surface area contributed by atoms with Crippen LogP contribution in [-0.4, -0.2) is 16.7 Å². The molecule has 1 aromatic rings. The van der Waals surface area contributed by atoms with Crippen LogP contribution in [0.15, 0.2) is 29.8 Å². The van der Waals surface area contributed by atoms with Crippen molar-refractivity contribution < 1.29 is 14.7 Å². The minimum Gasteiger partial charge on any atom is -0.507 e. The second-order valence-corrected chi connectivity index (χ2v) is 8.05. The van der Waals surface area contributed by atoms with Gasteiger partial charge in [0.05, 0.1) is 0 Å². The summed E-state index contributed by atoms with van der Waals surface area (Å²) in [6.45, 7) is 0. The summed E-state index contributed by atoms with van der Waals surface area (Å²) in [6, 6.07) is 6.86. The number of carbonyl (C=O) groups is 2. The fourth-order valence-electron chi connectivity index (χ4n) is 5.23. The van der Waals surface area contributed by atoms with Gasteiger partial charge < -0.3 is 5.11 Å². The highest BCUT2D eigenvalue weighted by atomic mass is 16.3. The van der Waals surface area contributed by atoms with Crippen LogP contribution in [0.2, 0.25) is 0 Å². The second kappa shape index (κ2) is 6.78. The lowest BCUT2D eigenvalue weighted by atomic mass is 9.66. The van der Waals surface area contributed by atoms with Gasteiger partial charge in [0.25, 0.3) is 0 Å². The summed E-state index contributed by atoms with van der Waals surface area (Å²) in [4.78, 5) is 24.7. The molecule has 3 heteroatoms. The lowest BCUT2D eigenvalue weighted by Gasteiger charge is -2.39. The van der Waals surface area contributed by atoms with Gasteiger partial charge in [-0.25, -0.2) is 0 Å². The first-order valence-electron chi connectivity index (χ1n) is 9.75. The zero-order valence-corrected chi connectivity index (χ0v) is 14.7. The Morgan fingerprint density at radius 1 is 0.880 bits per heavy atom. The molecule has 0 spiro atoms. The average Bonchev–Trinajstić information content (AvgIpc) is 2.66. The van der Waals surface area contributed by atoms with Gasteiger partial charge in [0.1, 0.15) is 5.76 Å². The third-order valence-electron chi connectivity index (χ3n) is 6.64. The summed E-state index contributed by atoms with van der Waals surface area (Å²) in [7, 11) is 0. The summed E-state index contributed by atoms with van der Waals surface area (Å²) >= 11 is 0. The molecule has 3 unspecified atom stereocenters. The molecular weight excluding hydrogens is 312 g/mol. The van der Waals surface area contributed by atoms with Crippen LogP contribution >= 0.6 is 0 Å². The van der Waals surface area contributed by atoms with Crippen LogP contribution in [0.3, 0.4) is 0 Å². The van der Waals surface area contributed by atoms with E-state index in [0.29, 0.717) is 29.0 Å². The zero-order chi connectivity index (χ0) is 17.4. The molecule has 1 aromatic carbocycles. The van der Waals surface area contributed by atoms with Gasteiger partial charge in [0, 0.05) is 16.7 Å². The number of hydrogen-bond donors (Lipinski definition) is 1. The first-order chi connectivity index (χ1) is 12.1. The van der Waals surface area contributed by atoms with Crippen molar-refractivity contribution in [2.45, 2.75) is 57.8 Å². The topological polar surface area (TPSA) is 54.4 Å². The maximum absolute atomic E-state index is 12.4. The third-order valence-corrected chi connectivity index (χ3v) is 6.64. The lowest BCUT2D eigenvalue weighted by Crippen LogP contribution is -2.28. The van der Waals surface area contributed by atoms with E-state index in [9.17, 15) is 14.7 Å². The summed E-state index contributed by atoms with van der Waals surface area (Å²) in [5, 5.41) is 10.5. The number of allylic oxidation sites excluding steroid dienone is 1. The highest BCUT2D eigenvalue weighted by molar-refractivity contribution is 6.52. The van der Waals surface area contributed by atoms with Crippen molar-refractivity contribution in [3.05, 3.63) is 41.0 Å². The maximum atomic E-state index is 12.4. The number of benzene rings is 1. The predicted molar refractivity (Wildman–Crippen MR) is 97.4 cm³/mol. The van der Waals surface area contributed by atoms with Gasteiger partial charge in [-0.05, 0) is 43.4 Å². The van der Waals surface area contributed by atoms with Crippen LogP contribution < -0.4 is 0 Å². The summed E-state index contributed by atoms with van der Waals surface area (Å²) in [5.74, 6) is 1.44. The van der Waals surface area contributed by atoms with Crippen LogP contribution in [0.25, 0.3) is 5.76 Å². The molecule has 0 aromatic heterocycles. The van der Waals surface area contributed by atoms with Crippen molar-refractivity contribution >= 4 is 17.3 Å². The molecule has 132 valence electrons. The number of ketones is 2. The molecular formula is C22H26O3. The van der Waals surface area contributed by atoms with Gasteiger partial charge in [0.15, 0.2) is 0 Å². The van der Waals surface area contributed by atoms with Crippen LogP contribution in [0.5, 0.6) is 0 Å². The Kier molecular flexibility index (Phi) is 4.49. The summed E-state index contributed by atoms with van der Waals surface area (Å²) in [6.07, 6.45) is 10.7. The molecule has 2 saturated carbocycles. The molecule has 3 atom stereocenters. The summed E-state index contributed by atoms with van der Waals surface area (Å²) in [5.41, 5.74) is 1.17. The van der Waals surface area contributed by atoms with Gasteiger partial charge in [-0.3, -0.25) is 9.59 Å². The van der Waals surface area contributed by atoms with E-state index in [2.05, 4.69) is 0 Å². The number of aliphatic hydroxyl groups is 1. The molecule has 0 saturated heterocycles. The Balaban J connectivity index is 1.47. The van der Waals surface area contributed by atoms with Crippen molar-refractivity contribution in [3.63, 3.8) is 0 Å². The number of aliphatic hydroxyl groups excluding tert-OH is 1. The molecule has 2 fully saturated rings. The Morgan fingerprint density at radius 3 is 2.40 bits per heavy atom. The number of rotatable bonds is 3. The standard InChI is InChI=1S/C22H26O3/c23-20-17-7-3-4-8-18(17)21(24)22(25)19(20)12-10-14-9-11-15-5-1-2-6-16(15)13-14/h3-4,7-8,14-16,23H,1-2,5-6,9-13H2. The quantitative estimate of drug-likeness (QED) is 0.779. The van der Waals surface area contributed by atoms with E-state index in [4.69, 9.17) is 0 Å². The van der Waals surface area contributed by atoms with E-state index in [1.807, 2.05) is 0 Å². The monoisotopic (exact) mass is 338 g/mol. The van der Waals surface area contributed by atoms with E-state index in [1.54, 1.807) is 24.3 Å². The van der Waals surface area contributed by atoms with E-state index in [-0.39, 0.29) is 5.76 Å². The Morgan fingerprint density at radius 2 is 1.60 bits per heavy atom. The second-order valence-electron chi connectivity index (χ2n) is 8.05. The first kappa shape index (κ1) is 16.6. The highest BCUT2D eigenvalue weighted by Gasteiger charge is 2.35. The summed E-state index contributed by atoms with van der Waals surface area (Å²) < 4.78 is 0. The number of Topliss-reactive ketones (excluding diaryl/α,β-unsaturated/α-hetero) is 2. The molecule has 3 aliphatic rings. The molecule has 3 aliphatic carbocycles. The fraction of sp³-hybridized carbons (Fsp3) is 0.545. The van der Waals surface area contributed by atoms with E-state index < -0.39 is 11.6 Å². The predicted octanol–water partition coefficient (Wildman–Crippen LogP) is 5.11. The van der Waals surface area contributed by atoms with E-state index >= 15 is 0 Å².